The predicted octanol–water partition coefficient (Wildman–Crippen LogP) is 5.25. The van der Waals surface area contributed by atoms with E-state index in [2.05, 4.69) is 54.4 Å². The molecule has 0 radical (unpaired) electrons. The number of fused-ring (bicyclic) bond motifs is 2. The van der Waals surface area contributed by atoms with Crippen molar-refractivity contribution in [3.8, 4) is 0 Å². The molecule has 0 bridgehead atoms. The molecule has 0 aliphatic carbocycles. The number of carbonyl (C=O) groups is 2. The molecule has 0 unspecified atom stereocenters. The van der Waals surface area contributed by atoms with Crippen LogP contribution in [0.5, 0.6) is 0 Å². The summed E-state index contributed by atoms with van der Waals surface area (Å²) >= 11 is 1.62. The van der Waals surface area contributed by atoms with Gasteiger partial charge in [0.1, 0.15) is 0 Å². The molecule has 2 atom stereocenters. The standard InChI is InChI=1S/C30H35N3O2S/c1-21(2)19-33-28(26-13-7-18-36-26)27(24-11-5-6-12-25(24)30(33)35)29(34)31-15-8-16-32-17-14-22-9-3-4-10-23(22)20-32/h3-7,9-13,18,21,27-28H,8,14-17,19-20H2,1-2H3,(H,31,34)/t27-,28+/m1/s1. The molecule has 1 N–H and O–H groups in total. The van der Waals surface area contributed by atoms with Crippen LogP contribution in [0.4, 0.5) is 0 Å². The Balaban J connectivity index is 1.30. The van der Waals surface area contributed by atoms with E-state index in [0.717, 1.165) is 42.9 Å². The van der Waals surface area contributed by atoms with Gasteiger partial charge in [-0.2, -0.15) is 0 Å². The second kappa shape index (κ2) is 11.0. The smallest absolute Gasteiger partial charge is 0.254 e. The first-order valence-electron chi connectivity index (χ1n) is 13.0. The lowest BCUT2D eigenvalue weighted by atomic mass is 9.81. The maximum absolute atomic E-state index is 13.8. The Kier molecular flexibility index (Phi) is 7.54. The molecule has 5 nitrogen and oxygen atoms in total. The summed E-state index contributed by atoms with van der Waals surface area (Å²) in [5.41, 5.74) is 4.36. The zero-order valence-electron chi connectivity index (χ0n) is 21.2. The number of amides is 2. The first-order chi connectivity index (χ1) is 17.5. The van der Waals surface area contributed by atoms with Gasteiger partial charge in [-0.3, -0.25) is 14.5 Å². The van der Waals surface area contributed by atoms with Gasteiger partial charge >= 0.3 is 0 Å². The van der Waals surface area contributed by atoms with Crippen LogP contribution >= 0.6 is 11.3 Å². The fourth-order valence-corrected chi connectivity index (χ4v) is 6.49. The Bertz CT molecular complexity index is 1210. The third-order valence-corrected chi connectivity index (χ3v) is 8.22. The molecule has 0 fully saturated rings. The van der Waals surface area contributed by atoms with Gasteiger partial charge in [-0.05, 0) is 53.0 Å². The normalized spacial score (nSPS) is 19.8. The third kappa shape index (κ3) is 5.11. The topological polar surface area (TPSA) is 52.7 Å². The number of hydrogen-bond donors (Lipinski definition) is 1. The van der Waals surface area contributed by atoms with Crippen LogP contribution in [0.15, 0.2) is 66.0 Å². The van der Waals surface area contributed by atoms with Crippen molar-refractivity contribution in [2.75, 3.05) is 26.2 Å². The van der Waals surface area contributed by atoms with Crippen LogP contribution in [0.3, 0.4) is 0 Å². The van der Waals surface area contributed by atoms with E-state index < -0.39 is 5.92 Å². The van der Waals surface area contributed by atoms with Crippen molar-refractivity contribution in [3.05, 3.63) is 93.2 Å². The molecule has 2 amide bonds. The van der Waals surface area contributed by atoms with E-state index in [1.165, 1.54) is 11.1 Å². The fourth-order valence-electron chi connectivity index (χ4n) is 5.62. The summed E-state index contributed by atoms with van der Waals surface area (Å²) in [7, 11) is 0. The Morgan fingerprint density at radius 3 is 2.61 bits per heavy atom. The highest BCUT2D eigenvalue weighted by Crippen LogP contribution is 2.44. The van der Waals surface area contributed by atoms with E-state index in [0.29, 0.717) is 24.6 Å². The summed E-state index contributed by atoms with van der Waals surface area (Å²) < 4.78 is 0. The number of hydrogen-bond acceptors (Lipinski definition) is 4. The Hall–Kier alpha value is -2.96. The zero-order chi connectivity index (χ0) is 25.1. The molecule has 1 aromatic heterocycles. The van der Waals surface area contributed by atoms with Gasteiger partial charge in [-0.1, -0.05) is 62.4 Å². The second-order valence-electron chi connectivity index (χ2n) is 10.3. The molecule has 2 aromatic carbocycles. The highest BCUT2D eigenvalue weighted by molar-refractivity contribution is 7.10. The number of nitrogens with zero attached hydrogens (tertiary/aromatic N) is 2. The highest BCUT2D eigenvalue weighted by Gasteiger charge is 2.44. The lowest BCUT2D eigenvalue weighted by Crippen LogP contribution is -2.48. The molecular formula is C30H35N3O2S. The monoisotopic (exact) mass is 501 g/mol. The molecule has 3 aromatic rings. The van der Waals surface area contributed by atoms with Crippen LogP contribution < -0.4 is 5.32 Å². The Morgan fingerprint density at radius 1 is 1.06 bits per heavy atom. The third-order valence-electron chi connectivity index (χ3n) is 7.28. The molecule has 188 valence electrons. The summed E-state index contributed by atoms with van der Waals surface area (Å²) in [6.07, 6.45) is 1.99. The van der Waals surface area contributed by atoms with E-state index in [1.807, 2.05) is 40.6 Å². The molecule has 0 spiro atoms. The van der Waals surface area contributed by atoms with Crippen molar-refractivity contribution in [1.82, 2.24) is 15.1 Å². The molecule has 2 aliphatic heterocycles. The van der Waals surface area contributed by atoms with Crippen LogP contribution in [-0.2, 0) is 17.8 Å². The minimum Gasteiger partial charge on any atom is -0.355 e. The minimum absolute atomic E-state index is 0.00564. The van der Waals surface area contributed by atoms with Gasteiger partial charge in [0.05, 0.1) is 12.0 Å². The summed E-state index contributed by atoms with van der Waals surface area (Å²) in [6.45, 7) is 8.49. The summed E-state index contributed by atoms with van der Waals surface area (Å²) in [5, 5.41) is 5.26. The number of benzene rings is 2. The van der Waals surface area contributed by atoms with Crippen molar-refractivity contribution in [2.45, 2.75) is 45.2 Å². The molecule has 36 heavy (non-hydrogen) atoms. The van der Waals surface area contributed by atoms with E-state index in [-0.39, 0.29) is 17.9 Å². The first-order valence-corrected chi connectivity index (χ1v) is 13.9. The molecule has 3 heterocycles. The van der Waals surface area contributed by atoms with Gasteiger partial charge in [0.15, 0.2) is 0 Å². The van der Waals surface area contributed by atoms with Gasteiger partial charge in [0.25, 0.3) is 5.91 Å². The predicted molar refractivity (Wildman–Crippen MR) is 145 cm³/mol. The first kappa shape index (κ1) is 24.7. The van der Waals surface area contributed by atoms with E-state index in [1.54, 1.807) is 11.3 Å². The highest BCUT2D eigenvalue weighted by atomic mass is 32.1. The average molecular weight is 502 g/mol. The summed E-state index contributed by atoms with van der Waals surface area (Å²) in [5.74, 6) is -0.0866. The second-order valence-corrected chi connectivity index (χ2v) is 11.3. The maximum atomic E-state index is 13.8. The van der Waals surface area contributed by atoms with Crippen LogP contribution in [0, 0.1) is 5.92 Å². The zero-order valence-corrected chi connectivity index (χ0v) is 22.0. The van der Waals surface area contributed by atoms with Gasteiger partial charge in [0, 0.05) is 43.2 Å². The van der Waals surface area contributed by atoms with Crippen molar-refractivity contribution in [1.29, 1.82) is 0 Å². The summed E-state index contributed by atoms with van der Waals surface area (Å²) in [6, 6.07) is 20.1. The average Bonchev–Trinajstić information content (AvgIpc) is 3.42. The molecule has 5 rings (SSSR count). The molecule has 0 saturated heterocycles. The van der Waals surface area contributed by atoms with Gasteiger partial charge in [-0.25, -0.2) is 0 Å². The molecule has 6 heteroatoms. The van der Waals surface area contributed by atoms with Crippen molar-refractivity contribution >= 4 is 23.2 Å². The van der Waals surface area contributed by atoms with Crippen LogP contribution in [0.1, 0.15) is 64.2 Å². The number of rotatable bonds is 8. The molecule has 2 aliphatic rings. The summed E-state index contributed by atoms with van der Waals surface area (Å²) in [4.78, 5) is 32.8. The van der Waals surface area contributed by atoms with Crippen LogP contribution in [0.25, 0.3) is 0 Å². The van der Waals surface area contributed by atoms with E-state index in [4.69, 9.17) is 0 Å². The fraction of sp³-hybridized carbons (Fsp3) is 0.400. The van der Waals surface area contributed by atoms with Crippen molar-refractivity contribution in [2.24, 2.45) is 5.92 Å². The van der Waals surface area contributed by atoms with Gasteiger partial charge < -0.3 is 10.2 Å². The lowest BCUT2D eigenvalue weighted by molar-refractivity contribution is -0.124. The number of carbonyl (C=O) groups excluding carboxylic acids is 2. The van der Waals surface area contributed by atoms with Crippen LogP contribution in [0.2, 0.25) is 0 Å². The maximum Gasteiger partial charge on any atom is 0.254 e. The quantitative estimate of drug-likeness (QED) is 0.429. The number of nitrogens with one attached hydrogen (secondary N) is 1. The van der Waals surface area contributed by atoms with Gasteiger partial charge in [-0.15, -0.1) is 11.3 Å². The minimum atomic E-state index is -0.418. The largest absolute Gasteiger partial charge is 0.355 e. The van der Waals surface area contributed by atoms with Crippen LogP contribution in [-0.4, -0.2) is 47.8 Å². The van der Waals surface area contributed by atoms with Gasteiger partial charge in [0.2, 0.25) is 5.91 Å². The Morgan fingerprint density at radius 2 is 1.83 bits per heavy atom. The van der Waals surface area contributed by atoms with Crippen molar-refractivity contribution < 1.29 is 9.59 Å². The van der Waals surface area contributed by atoms with E-state index in [9.17, 15) is 9.59 Å². The molecule has 0 saturated carbocycles. The van der Waals surface area contributed by atoms with Crippen molar-refractivity contribution in [3.63, 3.8) is 0 Å². The number of thiophene rings is 1. The molecular weight excluding hydrogens is 466 g/mol. The Labute approximate surface area is 218 Å². The van der Waals surface area contributed by atoms with E-state index >= 15 is 0 Å². The SMILES string of the molecule is CC(C)CN1C(=O)c2ccccc2[C@@H](C(=O)NCCCN2CCc3ccccc3C2)[C@@H]1c1cccs1. The lowest BCUT2D eigenvalue weighted by Gasteiger charge is -2.42.